The smallest absolute Gasteiger partial charge is 0.0758 e. The maximum atomic E-state index is 9.75. The first-order chi connectivity index (χ1) is 6.64. The highest BCUT2D eigenvalue weighted by Crippen LogP contribution is 2.20. The van der Waals surface area contributed by atoms with Crippen LogP contribution >= 0.6 is 0 Å². The molecule has 1 heterocycles. The fraction of sp³-hybridized carbons (Fsp3) is 0.833. The number of hydrogen-bond donors (Lipinski definition) is 1. The van der Waals surface area contributed by atoms with E-state index in [9.17, 15) is 5.11 Å². The molecule has 82 valence electrons. The molecule has 0 aromatic heterocycles. The van der Waals surface area contributed by atoms with Crippen LogP contribution in [0.4, 0.5) is 0 Å². The number of unbranched alkanes of at least 4 members (excludes halogenated alkanes) is 3. The van der Waals surface area contributed by atoms with E-state index in [-0.39, 0.29) is 0 Å². The van der Waals surface area contributed by atoms with Gasteiger partial charge in [-0.05, 0) is 39.2 Å². The van der Waals surface area contributed by atoms with Crippen molar-refractivity contribution in [3.63, 3.8) is 0 Å². The summed E-state index contributed by atoms with van der Waals surface area (Å²) in [5.41, 5.74) is -0.429. The van der Waals surface area contributed by atoms with Gasteiger partial charge in [-0.1, -0.05) is 12.5 Å². The maximum Gasteiger partial charge on any atom is 0.0758 e. The fourth-order valence-electron chi connectivity index (χ4n) is 2.03. The minimum Gasteiger partial charge on any atom is -0.389 e. The molecular formula is C12H23NO. The van der Waals surface area contributed by atoms with Crippen molar-refractivity contribution in [1.82, 2.24) is 4.90 Å². The van der Waals surface area contributed by atoms with E-state index in [4.69, 9.17) is 0 Å². The van der Waals surface area contributed by atoms with Crippen LogP contribution < -0.4 is 0 Å². The van der Waals surface area contributed by atoms with Gasteiger partial charge < -0.3 is 10.0 Å². The number of aliphatic hydroxyl groups is 1. The molecule has 0 aromatic rings. The third-order valence-electron chi connectivity index (χ3n) is 2.91. The molecule has 0 spiro atoms. The standard InChI is InChI=1S/C12H23NO/c1-3-4-5-6-7-9-13-10-8-12(2,14)11-13/h3,14H,1,4-11H2,2H3. The first-order valence-electron chi connectivity index (χ1n) is 5.70. The van der Waals surface area contributed by atoms with Gasteiger partial charge in [0.25, 0.3) is 0 Å². The summed E-state index contributed by atoms with van der Waals surface area (Å²) in [6.45, 7) is 8.71. The Balaban J connectivity index is 2.00. The average Bonchev–Trinajstić information content (AvgIpc) is 2.45. The lowest BCUT2D eigenvalue weighted by atomic mass is 10.1. The lowest BCUT2D eigenvalue weighted by Crippen LogP contribution is -2.30. The van der Waals surface area contributed by atoms with Crippen molar-refractivity contribution < 1.29 is 5.11 Å². The zero-order valence-electron chi connectivity index (χ0n) is 9.34. The molecule has 1 rings (SSSR count). The third-order valence-corrected chi connectivity index (χ3v) is 2.91. The van der Waals surface area contributed by atoms with Gasteiger partial charge in [0.2, 0.25) is 0 Å². The Labute approximate surface area is 87.6 Å². The van der Waals surface area contributed by atoms with Crippen LogP contribution in [0.1, 0.15) is 39.0 Å². The molecule has 0 aromatic carbocycles. The summed E-state index contributed by atoms with van der Waals surface area (Å²) in [4.78, 5) is 2.37. The molecule has 1 saturated heterocycles. The molecule has 1 atom stereocenters. The van der Waals surface area contributed by atoms with E-state index in [2.05, 4.69) is 11.5 Å². The van der Waals surface area contributed by atoms with Crippen LogP contribution in [0.2, 0.25) is 0 Å². The minimum atomic E-state index is -0.429. The van der Waals surface area contributed by atoms with Gasteiger partial charge in [0.15, 0.2) is 0 Å². The number of nitrogens with zero attached hydrogens (tertiary/aromatic N) is 1. The largest absolute Gasteiger partial charge is 0.389 e. The molecule has 0 amide bonds. The van der Waals surface area contributed by atoms with Gasteiger partial charge in [-0.2, -0.15) is 0 Å². The molecule has 2 nitrogen and oxygen atoms in total. The van der Waals surface area contributed by atoms with Crippen LogP contribution in [0.25, 0.3) is 0 Å². The minimum absolute atomic E-state index is 0.429. The Morgan fingerprint density at radius 2 is 2.21 bits per heavy atom. The molecule has 1 unspecified atom stereocenters. The van der Waals surface area contributed by atoms with Crippen molar-refractivity contribution in [2.24, 2.45) is 0 Å². The number of hydrogen-bond acceptors (Lipinski definition) is 2. The van der Waals surface area contributed by atoms with Gasteiger partial charge in [-0.25, -0.2) is 0 Å². The van der Waals surface area contributed by atoms with Crippen molar-refractivity contribution >= 4 is 0 Å². The van der Waals surface area contributed by atoms with Crippen LogP contribution in [0.15, 0.2) is 12.7 Å². The summed E-state index contributed by atoms with van der Waals surface area (Å²) in [5, 5.41) is 9.75. The highest BCUT2D eigenvalue weighted by atomic mass is 16.3. The van der Waals surface area contributed by atoms with Gasteiger partial charge in [0.1, 0.15) is 0 Å². The lowest BCUT2D eigenvalue weighted by Gasteiger charge is -2.18. The SMILES string of the molecule is C=CCCCCCN1CCC(C)(O)C1. The normalized spacial score (nSPS) is 28.1. The number of β-amino-alcohol motifs (C(OH)–C–C–N with tert-alkyl or cyclic N) is 1. The molecule has 1 N–H and O–H groups in total. The molecular weight excluding hydrogens is 174 g/mol. The van der Waals surface area contributed by atoms with Gasteiger partial charge >= 0.3 is 0 Å². The summed E-state index contributed by atoms with van der Waals surface area (Å²) in [6.07, 6.45) is 7.85. The molecule has 0 aliphatic carbocycles. The monoisotopic (exact) mass is 197 g/mol. The fourth-order valence-corrected chi connectivity index (χ4v) is 2.03. The Morgan fingerprint density at radius 3 is 2.79 bits per heavy atom. The summed E-state index contributed by atoms with van der Waals surface area (Å²) in [6, 6.07) is 0. The third kappa shape index (κ3) is 4.25. The van der Waals surface area contributed by atoms with E-state index < -0.39 is 5.60 Å². The summed E-state index contributed by atoms with van der Waals surface area (Å²) in [7, 11) is 0. The second-order valence-electron chi connectivity index (χ2n) is 4.66. The molecule has 1 aliphatic rings. The van der Waals surface area contributed by atoms with Gasteiger partial charge in [-0.3, -0.25) is 0 Å². The highest BCUT2D eigenvalue weighted by Gasteiger charge is 2.30. The van der Waals surface area contributed by atoms with Crippen molar-refractivity contribution in [2.45, 2.75) is 44.6 Å². The van der Waals surface area contributed by atoms with Crippen molar-refractivity contribution in [3.8, 4) is 0 Å². The second kappa shape index (κ2) is 5.52. The second-order valence-corrected chi connectivity index (χ2v) is 4.66. The molecule has 0 bridgehead atoms. The van der Waals surface area contributed by atoms with Crippen LogP contribution in [-0.4, -0.2) is 35.2 Å². The van der Waals surface area contributed by atoms with E-state index in [0.29, 0.717) is 0 Å². The molecule has 0 radical (unpaired) electrons. The van der Waals surface area contributed by atoms with Crippen LogP contribution in [-0.2, 0) is 0 Å². The van der Waals surface area contributed by atoms with E-state index in [0.717, 1.165) is 32.5 Å². The van der Waals surface area contributed by atoms with Gasteiger partial charge in [-0.15, -0.1) is 6.58 Å². The maximum absolute atomic E-state index is 9.75. The number of rotatable bonds is 6. The van der Waals surface area contributed by atoms with E-state index in [1.165, 1.54) is 19.3 Å². The van der Waals surface area contributed by atoms with Crippen LogP contribution in [0.5, 0.6) is 0 Å². The van der Waals surface area contributed by atoms with Crippen molar-refractivity contribution in [3.05, 3.63) is 12.7 Å². The number of likely N-dealkylation sites (tertiary alicyclic amines) is 1. The molecule has 1 aliphatic heterocycles. The Morgan fingerprint density at radius 1 is 1.43 bits per heavy atom. The Hall–Kier alpha value is -0.340. The predicted octanol–water partition coefficient (Wildman–Crippen LogP) is 2.19. The lowest BCUT2D eigenvalue weighted by molar-refractivity contribution is 0.0686. The zero-order chi connectivity index (χ0) is 10.4. The van der Waals surface area contributed by atoms with Gasteiger partial charge in [0.05, 0.1) is 5.60 Å². The molecule has 0 saturated carbocycles. The van der Waals surface area contributed by atoms with E-state index >= 15 is 0 Å². The average molecular weight is 197 g/mol. The van der Waals surface area contributed by atoms with Crippen LogP contribution in [0.3, 0.4) is 0 Å². The van der Waals surface area contributed by atoms with Crippen molar-refractivity contribution in [2.75, 3.05) is 19.6 Å². The highest BCUT2D eigenvalue weighted by molar-refractivity contribution is 4.85. The van der Waals surface area contributed by atoms with Crippen molar-refractivity contribution in [1.29, 1.82) is 0 Å². The zero-order valence-corrected chi connectivity index (χ0v) is 9.34. The molecule has 14 heavy (non-hydrogen) atoms. The Kier molecular flexibility index (Phi) is 4.63. The first kappa shape index (κ1) is 11.7. The van der Waals surface area contributed by atoms with E-state index in [1.807, 2.05) is 13.0 Å². The number of allylic oxidation sites excluding steroid dienone is 1. The summed E-state index contributed by atoms with van der Waals surface area (Å²) >= 11 is 0. The summed E-state index contributed by atoms with van der Waals surface area (Å²) in [5.74, 6) is 0. The topological polar surface area (TPSA) is 23.5 Å². The Bertz CT molecular complexity index is 177. The molecule has 2 heteroatoms. The molecule has 1 fully saturated rings. The predicted molar refractivity (Wildman–Crippen MR) is 60.3 cm³/mol. The summed E-state index contributed by atoms with van der Waals surface area (Å²) < 4.78 is 0. The quantitative estimate of drug-likeness (QED) is 0.521. The van der Waals surface area contributed by atoms with Gasteiger partial charge in [0, 0.05) is 13.1 Å². The first-order valence-corrected chi connectivity index (χ1v) is 5.70. The van der Waals surface area contributed by atoms with E-state index in [1.54, 1.807) is 0 Å². The van der Waals surface area contributed by atoms with Crippen LogP contribution in [0, 0.1) is 0 Å².